The van der Waals surface area contributed by atoms with Crippen LogP contribution in [0.2, 0.25) is 0 Å². The first kappa shape index (κ1) is 26.4. The summed E-state index contributed by atoms with van der Waals surface area (Å²) in [6.07, 6.45) is 2.32. The van der Waals surface area contributed by atoms with E-state index >= 15 is 0 Å². The predicted octanol–water partition coefficient (Wildman–Crippen LogP) is 2.16. The van der Waals surface area contributed by atoms with Crippen molar-refractivity contribution in [1.82, 2.24) is 24.9 Å². The summed E-state index contributed by atoms with van der Waals surface area (Å²) in [6.45, 7) is 6.87. The molecule has 2 aliphatic rings. The number of benzene rings is 1. The zero-order valence-corrected chi connectivity index (χ0v) is 21.6. The number of carbonyl (C=O) groups is 4. The number of piperidine rings is 1. The number of aryl methyl sites for hydroxylation is 2. The number of likely N-dealkylation sites (tertiary alicyclic amines) is 1. The smallest absolute Gasteiger partial charge is 0.310 e. The number of carbonyl (C=O) groups excluding carboxylic acids is 4. The van der Waals surface area contributed by atoms with Gasteiger partial charge in [0.25, 0.3) is 11.8 Å². The minimum Gasteiger partial charge on any atom is -0.466 e. The third-order valence-electron chi connectivity index (χ3n) is 6.79. The van der Waals surface area contributed by atoms with E-state index in [-0.39, 0.29) is 42.4 Å². The maximum absolute atomic E-state index is 13.2. The van der Waals surface area contributed by atoms with Crippen LogP contribution in [0.25, 0.3) is 0 Å². The third-order valence-corrected chi connectivity index (χ3v) is 6.79. The Morgan fingerprint density at radius 1 is 1.14 bits per heavy atom. The molecule has 0 saturated carbocycles. The zero-order chi connectivity index (χ0) is 26.4. The van der Waals surface area contributed by atoms with E-state index in [4.69, 9.17) is 4.74 Å². The molecule has 2 aliphatic heterocycles. The largest absolute Gasteiger partial charge is 0.466 e. The molecule has 198 valence electrons. The molecule has 1 aromatic carbocycles. The highest BCUT2D eigenvalue weighted by atomic mass is 16.5. The van der Waals surface area contributed by atoms with Gasteiger partial charge in [-0.25, -0.2) is 0 Å². The van der Waals surface area contributed by atoms with Crippen LogP contribution in [0.5, 0.6) is 0 Å². The van der Waals surface area contributed by atoms with Crippen LogP contribution in [0.1, 0.15) is 64.7 Å². The molecule has 3 heterocycles. The summed E-state index contributed by atoms with van der Waals surface area (Å²) < 4.78 is 6.69. The number of hydrogen-bond acceptors (Lipinski definition) is 6. The zero-order valence-electron chi connectivity index (χ0n) is 21.6. The van der Waals surface area contributed by atoms with Gasteiger partial charge in [0, 0.05) is 51.8 Å². The molecule has 0 aliphatic carbocycles. The number of hydrogen-bond donors (Lipinski definition) is 1. The Kier molecular flexibility index (Phi) is 8.58. The van der Waals surface area contributed by atoms with Crippen molar-refractivity contribution in [2.75, 3.05) is 32.8 Å². The Hall–Kier alpha value is -3.69. The fraction of sp³-hybridized carbons (Fsp3) is 0.519. The summed E-state index contributed by atoms with van der Waals surface area (Å²) in [5, 5.41) is 7.10. The SMILES string of the molecule is CCOC(=O)[C@H]1CCCN(C(=O)CCNC(=O)c2cc3n(n2)CCCN(Cc2cccc(C)c2)C3=O)C1. The van der Waals surface area contributed by atoms with E-state index in [2.05, 4.69) is 16.5 Å². The Balaban J connectivity index is 1.31. The molecule has 10 heteroatoms. The lowest BCUT2D eigenvalue weighted by Crippen LogP contribution is -2.43. The van der Waals surface area contributed by atoms with Gasteiger partial charge in [-0.15, -0.1) is 0 Å². The minimum atomic E-state index is -0.422. The van der Waals surface area contributed by atoms with Gasteiger partial charge >= 0.3 is 5.97 Å². The molecule has 0 bridgehead atoms. The Morgan fingerprint density at radius 3 is 2.76 bits per heavy atom. The maximum atomic E-state index is 13.2. The number of esters is 1. The normalized spacial score (nSPS) is 17.7. The molecule has 3 amide bonds. The van der Waals surface area contributed by atoms with Crippen molar-refractivity contribution >= 4 is 23.7 Å². The van der Waals surface area contributed by atoms with Crippen LogP contribution in [-0.2, 0) is 27.4 Å². The highest BCUT2D eigenvalue weighted by Gasteiger charge is 2.30. The second kappa shape index (κ2) is 12.0. The molecule has 1 fully saturated rings. The van der Waals surface area contributed by atoms with Crippen molar-refractivity contribution in [3.05, 3.63) is 52.8 Å². The Morgan fingerprint density at radius 2 is 1.97 bits per heavy atom. The molecular weight excluding hydrogens is 474 g/mol. The predicted molar refractivity (Wildman–Crippen MR) is 136 cm³/mol. The van der Waals surface area contributed by atoms with Crippen molar-refractivity contribution in [2.24, 2.45) is 5.92 Å². The number of aromatic nitrogens is 2. The average molecular weight is 510 g/mol. The number of amides is 3. The van der Waals surface area contributed by atoms with Crippen LogP contribution in [0.15, 0.2) is 30.3 Å². The standard InChI is InChI=1S/C27H35N5O5/c1-3-37-27(36)21-9-5-12-30(18-21)24(33)10-11-28-25(34)22-16-23-26(35)31(13-6-14-32(23)29-22)17-20-8-4-7-19(2)15-20/h4,7-8,15-16,21H,3,5-6,9-14,17-18H2,1-2H3,(H,28,34)/t21-/m0/s1. The molecule has 0 radical (unpaired) electrons. The fourth-order valence-electron chi connectivity index (χ4n) is 4.91. The summed E-state index contributed by atoms with van der Waals surface area (Å²) in [5.74, 6) is -1.25. The van der Waals surface area contributed by atoms with Gasteiger partial charge < -0.3 is 19.9 Å². The van der Waals surface area contributed by atoms with Gasteiger partial charge in [-0.3, -0.25) is 23.9 Å². The van der Waals surface area contributed by atoms with E-state index in [9.17, 15) is 19.2 Å². The second-order valence-corrected chi connectivity index (χ2v) is 9.64. The Labute approximate surface area is 216 Å². The van der Waals surface area contributed by atoms with E-state index in [1.807, 2.05) is 25.1 Å². The molecule has 37 heavy (non-hydrogen) atoms. The van der Waals surface area contributed by atoms with Crippen molar-refractivity contribution in [3.63, 3.8) is 0 Å². The lowest BCUT2D eigenvalue weighted by Gasteiger charge is -2.31. The maximum Gasteiger partial charge on any atom is 0.310 e. The highest BCUT2D eigenvalue weighted by Crippen LogP contribution is 2.19. The molecule has 2 aromatic rings. The number of ether oxygens (including phenoxy) is 1. The molecule has 0 spiro atoms. The third kappa shape index (κ3) is 6.55. The summed E-state index contributed by atoms with van der Waals surface area (Å²) in [4.78, 5) is 54.1. The van der Waals surface area contributed by atoms with Crippen LogP contribution in [0.3, 0.4) is 0 Å². The first-order chi connectivity index (χ1) is 17.9. The van der Waals surface area contributed by atoms with Crippen LogP contribution in [0.4, 0.5) is 0 Å². The van der Waals surface area contributed by atoms with E-state index < -0.39 is 5.91 Å². The summed E-state index contributed by atoms with van der Waals surface area (Å²) in [5.41, 5.74) is 2.76. The summed E-state index contributed by atoms with van der Waals surface area (Å²) in [7, 11) is 0. The summed E-state index contributed by atoms with van der Waals surface area (Å²) in [6, 6.07) is 9.60. The second-order valence-electron chi connectivity index (χ2n) is 9.64. The lowest BCUT2D eigenvalue weighted by molar-refractivity contribution is -0.151. The van der Waals surface area contributed by atoms with Crippen LogP contribution < -0.4 is 5.32 Å². The molecule has 0 unspecified atom stereocenters. The number of nitrogens with one attached hydrogen (secondary N) is 1. The van der Waals surface area contributed by atoms with Crippen molar-refractivity contribution in [3.8, 4) is 0 Å². The minimum absolute atomic E-state index is 0.114. The highest BCUT2D eigenvalue weighted by molar-refractivity contribution is 5.98. The van der Waals surface area contributed by atoms with Gasteiger partial charge in [0.1, 0.15) is 5.69 Å². The van der Waals surface area contributed by atoms with Crippen LogP contribution >= 0.6 is 0 Å². The summed E-state index contributed by atoms with van der Waals surface area (Å²) >= 11 is 0. The number of fused-ring (bicyclic) bond motifs is 1. The first-order valence-corrected chi connectivity index (χ1v) is 13.0. The molecule has 1 atom stereocenters. The average Bonchev–Trinajstić information content (AvgIpc) is 3.26. The Bertz CT molecular complexity index is 1160. The van der Waals surface area contributed by atoms with E-state index in [1.165, 1.54) is 6.07 Å². The van der Waals surface area contributed by atoms with Gasteiger partial charge in [0.05, 0.1) is 12.5 Å². The van der Waals surface area contributed by atoms with Gasteiger partial charge in [-0.1, -0.05) is 29.8 Å². The van der Waals surface area contributed by atoms with Crippen molar-refractivity contribution in [1.29, 1.82) is 0 Å². The van der Waals surface area contributed by atoms with E-state index in [0.29, 0.717) is 51.4 Å². The van der Waals surface area contributed by atoms with Gasteiger partial charge in [0.15, 0.2) is 5.69 Å². The number of rotatable bonds is 8. The number of nitrogens with zero attached hydrogens (tertiary/aromatic N) is 4. The fourth-order valence-corrected chi connectivity index (χ4v) is 4.91. The molecule has 1 N–H and O–H groups in total. The van der Waals surface area contributed by atoms with Crippen molar-refractivity contribution in [2.45, 2.75) is 52.6 Å². The molecule has 10 nitrogen and oxygen atoms in total. The van der Waals surface area contributed by atoms with Crippen LogP contribution in [-0.4, -0.2) is 76.1 Å². The van der Waals surface area contributed by atoms with Crippen LogP contribution in [0, 0.1) is 12.8 Å². The van der Waals surface area contributed by atoms with Crippen molar-refractivity contribution < 1.29 is 23.9 Å². The quantitative estimate of drug-likeness (QED) is 0.546. The molecule has 4 rings (SSSR count). The van der Waals surface area contributed by atoms with E-state index in [0.717, 1.165) is 24.0 Å². The van der Waals surface area contributed by atoms with Gasteiger partial charge in [-0.05, 0) is 38.7 Å². The molecule has 1 aromatic heterocycles. The first-order valence-electron chi connectivity index (χ1n) is 13.0. The lowest BCUT2D eigenvalue weighted by atomic mass is 9.98. The molecular formula is C27H35N5O5. The van der Waals surface area contributed by atoms with E-state index in [1.54, 1.807) is 21.4 Å². The van der Waals surface area contributed by atoms with Gasteiger partial charge in [0.2, 0.25) is 5.91 Å². The monoisotopic (exact) mass is 509 g/mol. The topological polar surface area (TPSA) is 114 Å². The molecule has 1 saturated heterocycles. The van der Waals surface area contributed by atoms with Gasteiger partial charge in [-0.2, -0.15) is 5.10 Å².